The molecule has 0 saturated carbocycles. The summed E-state index contributed by atoms with van der Waals surface area (Å²) in [5.74, 6) is -0.682. The van der Waals surface area contributed by atoms with E-state index in [-0.39, 0.29) is 18.3 Å². The fourth-order valence-corrected chi connectivity index (χ4v) is 3.90. The lowest BCUT2D eigenvalue weighted by atomic mass is 10.2. The summed E-state index contributed by atoms with van der Waals surface area (Å²) >= 11 is 7.37. The van der Waals surface area contributed by atoms with Gasteiger partial charge in [0.2, 0.25) is 0 Å². The lowest BCUT2D eigenvalue weighted by molar-refractivity contribution is -0.140. The maximum atomic E-state index is 12.5. The first-order valence-corrected chi connectivity index (χ1v) is 9.19. The van der Waals surface area contributed by atoms with Crippen molar-refractivity contribution in [1.29, 1.82) is 0 Å². The number of benzene rings is 2. The third kappa shape index (κ3) is 4.03. The van der Waals surface area contributed by atoms with E-state index in [1.165, 1.54) is 18.4 Å². The van der Waals surface area contributed by atoms with E-state index in [4.69, 9.17) is 16.3 Å². The summed E-state index contributed by atoms with van der Waals surface area (Å²) in [6.45, 7) is 2.39. The van der Waals surface area contributed by atoms with Gasteiger partial charge in [-0.25, -0.2) is 0 Å². The third-order valence-corrected chi connectivity index (χ3v) is 5.15. The number of hydrogen-bond donors (Lipinski definition) is 0. The van der Waals surface area contributed by atoms with Gasteiger partial charge in [0.25, 0.3) is 5.91 Å². The van der Waals surface area contributed by atoms with Gasteiger partial charge in [-0.15, -0.1) is 0 Å². The molecule has 3 rings (SSSR count). The Balaban J connectivity index is 2.08. The Hall–Kier alpha value is -2.44. The van der Waals surface area contributed by atoms with Crippen molar-refractivity contribution in [2.24, 2.45) is 4.99 Å². The number of rotatable bonds is 4. The predicted molar refractivity (Wildman–Crippen MR) is 103 cm³/mol. The number of ether oxygens (including phenoxy) is 1. The van der Waals surface area contributed by atoms with Crippen LogP contribution in [0.3, 0.4) is 0 Å². The summed E-state index contributed by atoms with van der Waals surface area (Å²) in [6, 6.07) is 12.7. The van der Waals surface area contributed by atoms with Crippen molar-refractivity contribution >= 4 is 45.0 Å². The van der Waals surface area contributed by atoms with E-state index in [0.717, 1.165) is 15.8 Å². The maximum absolute atomic E-state index is 12.5. The van der Waals surface area contributed by atoms with E-state index in [9.17, 15) is 9.59 Å². The molecule has 0 aliphatic carbocycles. The van der Waals surface area contributed by atoms with Crippen LogP contribution >= 0.6 is 22.9 Å². The number of aromatic nitrogens is 1. The van der Waals surface area contributed by atoms with Crippen LogP contribution in [0, 0.1) is 6.92 Å². The Kier molecular flexibility index (Phi) is 5.54. The molecule has 26 heavy (non-hydrogen) atoms. The molecule has 2 aromatic carbocycles. The highest BCUT2D eigenvalue weighted by molar-refractivity contribution is 7.16. The Morgan fingerprint density at radius 3 is 2.77 bits per heavy atom. The lowest BCUT2D eigenvalue weighted by Crippen LogP contribution is -2.19. The van der Waals surface area contributed by atoms with E-state index < -0.39 is 0 Å². The Bertz CT molecular complexity index is 1050. The molecule has 1 heterocycles. The number of carbonyl (C=O) groups excluding carboxylic acids is 2. The number of thiazole rings is 1. The highest BCUT2D eigenvalue weighted by Crippen LogP contribution is 2.20. The Morgan fingerprint density at radius 1 is 1.23 bits per heavy atom. The van der Waals surface area contributed by atoms with E-state index in [1.54, 1.807) is 24.3 Å². The Labute approximate surface area is 159 Å². The van der Waals surface area contributed by atoms with E-state index >= 15 is 0 Å². The highest BCUT2D eigenvalue weighted by atomic mass is 35.5. The molecule has 0 saturated heterocycles. The largest absolute Gasteiger partial charge is 0.469 e. The zero-order valence-corrected chi connectivity index (χ0v) is 15.9. The van der Waals surface area contributed by atoms with Gasteiger partial charge in [0.1, 0.15) is 0 Å². The zero-order chi connectivity index (χ0) is 18.7. The van der Waals surface area contributed by atoms with Gasteiger partial charge in [0, 0.05) is 17.1 Å². The zero-order valence-electron chi connectivity index (χ0n) is 14.4. The van der Waals surface area contributed by atoms with Gasteiger partial charge >= 0.3 is 5.97 Å². The second-order valence-electron chi connectivity index (χ2n) is 5.76. The van der Waals surface area contributed by atoms with E-state index in [0.29, 0.717) is 21.9 Å². The first-order chi connectivity index (χ1) is 12.5. The molecule has 0 radical (unpaired) electrons. The lowest BCUT2D eigenvalue weighted by Gasteiger charge is -2.04. The molecule has 134 valence electrons. The number of carbonyl (C=O) groups is 2. The van der Waals surface area contributed by atoms with Crippen molar-refractivity contribution in [3.63, 3.8) is 0 Å². The van der Waals surface area contributed by atoms with Gasteiger partial charge in [-0.05, 0) is 42.8 Å². The van der Waals surface area contributed by atoms with Crippen molar-refractivity contribution in [3.05, 3.63) is 63.4 Å². The molecule has 0 aliphatic rings. The summed E-state index contributed by atoms with van der Waals surface area (Å²) in [5.41, 5.74) is 2.47. The van der Waals surface area contributed by atoms with Gasteiger partial charge in [-0.2, -0.15) is 4.99 Å². The number of esters is 1. The minimum Gasteiger partial charge on any atom is -0.469 e. The quantitative estimate of drug-likeness (QED) is 0.635. The van der Waals surface area contributed by atoms with Crippen LogP contribution < -0.4 is 4.80 Å². The average Bonchev–Trinajstić information content (AvgIpc) is 2.95. The molecule has 5 nitrogen and oxygen atoms in total. The van der Waals surface area contributed by atoms with Crippen LogP contribution in [0.2, 0.25) is 5.02 Å². The minimum absolute atomic E-state index is 0.203. The first kappa shape index (κ1) is 18.4. The van der Waals surface area contributed by atoms with Crippen LogP contribution in [0.1, 0.15) is 22.3 Å². The first-order valence-electron chi connectivity index (χ1n) is 7.99. The number of hydrogen-bond acceptors (Lipinski definition) is 4. The van der Waals surface area contributed by atoms with Crippen LogP contribution in [0.4, 0.5) is 0 Å². The molecular formula is C19H17ClN2O3S. The number of aryl methyl sites for hydroxylation is 2. The topological polar surface area (TPSA) is 60.7 Å². The van der Waals surface area contributed by atoms with Crippen molar-refractivity contribution in [3.8, 4) is 0 Å². The molecule has 0 atom stereocenters. The van der Waals surface area contributed by atoms with Crippen LogP contribution in [0.15, 0.2) is 47.5 Å². The van der Waals surface area contributed by atoms with Crippen molar-refractivity contribution < 1.29 is 14.3 Å². The van der Waals surface area contributed by atoms with Crippen LogP contribution in [0.5, 0.6) is 0 Å². The molecule has 0 aliphatic heterocycles. The molecule has 0 spiro atoms. The number of methoxy groups -OCH3 is 1. The summed E-state index contributed by atoms with van der Waals surface area (Å²) in [4.78, 5) is 28.9. The summed E-state index contributed by atoms with van der Waals surface area (Å²) in [7, 11) is 1.36. The smallest absolute Gasteiger partial charge is 0.307 e. The molecule has 0 fully saturated rings. The third-order valence-electron chi connectivity index (χ3n) is 3.87. The Morgan fingerprint density at radius 2 is 2.04 bits per heavy atom. The maximum Gasteiger partial charge on any atom is 0.307 e. The number of halogens is 1. The number of nitrogens with zero attached hydrogens (tertiary/aromatic N) is 2. The van der Waals surface area contributed by atoms with Gasteiger partial charge in [0.05, 0.1) is 23.7 Å². The molecule has 3 aromatic rings. The minimum atomic E-state index is -0.373. The summed E-state index contributed by atoms with van der Waals surface area (Å²) in [5, 5.41) is 0.483. The predicted octanol–water partition coefficient (Wildman–Crippen LogP) is 3.97. The number of fused-ring (bicyclic) bond motifs is 1. The molecule has 7 heteroatoms. The van der Waals surface area contributed by atoms with Crippen LogP contribution in [-0.4, -0.2) is 23.6 Å². The van der Waals surface area contributed by atoms with Crippen LogP contribution in [-0.2, 0) is 16.1 Å². The summed E-state index contributed by atoms with van der Waals surface area (Å²) in [6.07, 6.45) is 0.203. The second kappa shape index (κ2) is 7.85. The van der Waals surface area contributed by atoms with Gasteiger partial charge in [-0.3, -0.25) is 9.59 Å². The van der Waals surface area contributed by atoms with E-state index in [1.807, 2.05) is 29.7 Å². The highest BCUT2D eigenvalue weighted by Gasteiger charge is 2.11. The van der Waals surface area contributed by atoms with Gasteiger partial charge in [0.15, 0.2) is 4.80 Å². The number of amides is 1. The monoisotopic (exact) mass is 388 g/mol. The van der Waals surface area contributed by atoms with Gasteiger partial charge < -0.3 is 9.30 Å². The molecule has 1 amide bonds. The van der Waals surface area contributed by atoms with E-state index in [2.05, 4.69) is 4.99 Å². The average molecular weight is 389 g/mol. The second-order valence-corrected chi connectivity index (χ2v) is 7.21. The van der Waals surface area contributed by atoms with Gasteiger partial charge in [-0.1, -0.05) is 35.1 Å². The van der Waals surface area contributed by atoms with Crippen molar-refractivity contribution in [2.45, 2.75) is 19.9 Å². The summed E-state index contributed by atoms with van der Waals surface area (Å²) < 4.78 is 7.60. The SMILES string of the molecule is COC(=O)CCn1c(=NC(=O)c2cccc(Cl)c2)sc2cc(C)ccc21. The fourth-order valence-electron chi connectivity index (χ4n) is 2.56. The molecule has 0 bridgehead atoms. The molecular weight excluding hydrogens is 372 g/mol. The fraction of sp³-hybridized carbons (Fsp3) is 0.211. The standard InChI is InChI=1S/C19H17ClN2O3S/c1-12-6-7-15-16(10-12)26-19(22(15)9-8-17(23)25-2)21-18(24)13-4-3-5-14(20)11-13/h3-7,10-11H,8-9H2,1-2H3. The molecule has 1 aromatic heterocycles. The molecule has 0 N–H and O–H groups in total. The normalized spacial score (nSPS) is 11.7. The molecule has 0 unspecified atom stereocenters. The van der Waals surface area contributed by atoms with Crippen LogP contribution in [0.25, 0.3) is 10.2 Å². The van der Waals surface area contributed by atoms with Crippen molar-refractivity contribution in [2.75, 3.05) is 7.11 Å². The van der Waals surface area contributed by atoms with Crippen molar-refractivity contribution in [1.82, 2.24) is 4.57 Å².